The molecule has 2 fully saturated rings. The van der Waals surface area contributed by atoms with Crippen LogP contribution < -0.4 is 10.2 Å². The molecule has 1 aliphatic heterocycles. The fourth-order valence-electron chi connectivity index (χ4n) is 3.32. The van der Waals surface area contributed by atoms with E-state index in [4.69, 9.17) is 0 Å². The number of nitrogens with one attached hydrogen (secondary N) is 1. The Morgan fingerprint density at radius 2 is 2.04 bits per heavy atom. The lowest BCUT2D eigenvalue weighted by atomic mass is 9.97. The van der Waals surface area contributed by atoms with Crippen LogP contribution in [-0.4, -0.2) is 49.8 Å². The first-order valence-corrected chi connectivity index (χ1v) is 9.02. The SMILES string of the molecule is CCn1c(-c2ncccn2)nnc1N1CCCC(C(=O)NC2CC2)C1. The van der Waals surface area contributed by atoms with Gasteiger partial charge in [-0.25, -0.2) is 9.97 Å². The van der Waals surface area contributed by atoms with Crippen LogP contribution in [-0.2, 0) is 11.3 Å². The molecule has 1 saturated carbocycles. The van der Waals surface area contributed by atoms with Gasteiger partial charge in [0.15, 0.2) is 5.82 Å². The number of carbonyl (C=O) groups excluding carboxylic acids is 1. The van der Waals surface area contributed by atoms with Gasteiger partial charge in [-0.2, -0.15) is 0 Å². The molecule has 25 heavy (non-hydrogen) atoms. The topological polar surface area (TPSA) is 88.8 Å². The zero-order chi connectivity index (χ0) is 17.2. The summed E-state index contributed by atoms with van der Waals surface area (Å²) in [5.41, 5.74) is 0. The predicted molar refractivity (Wildman–Crippen MR) is 92.8 cm³/mol. The number of piperidine rings is 1. The second-order valence-electron chi connectivity index (χ2n) is 6.71. The van der Waals surface area contributed by atoms with Gasteiger partial charge in [-0.3, -0.25) is 9.36 Å². The third kappa shape index (κ3) is 3.33. The zero-order valence-corrected chi connectivity index (χ0v) is 14.4. The van der Waals surface area contributed by atoms with Gasteiger partial charge in [0, 0.05) is 38.1 Å². The molecule has 1 N–H and O–H groups in total. The smallest absolute Gasteiger partial charge is 0.227 e. The molecule has 2 aliphatic rings. The minimum absolute atomic E-state index is 0.0211. The van der Waals surface area contributed by atoms with Crippen molar-refractivity contribution in [3.8, 4) is 11.6 Å². The van der Waals surface area contributed by atoms with Crippen LogP contribution in [0.5, 0.6) is 0 Å². The highest BCUT2D eigenvalue weighted by Gasteiger charge is 2.32. The summed E-state index contributed by atoms with van der Waals surface area (Å²) in [6, 6.07) is 2.19. The molecule has 1 saturated heterocycles. The summed E-state index contributed by atoms with van der Waals surface area (Å²) >= 11 is 0. The number of hydrogen-bond donors (Lipinski definition) is 1. The summed E-state index contributed by atoms with van der Waals surface area (Å²) in [5, 5.41) is 11.8. The van der Waals surface area contributed by atoms with Crippen molar-refractivity contribution in [2.24, 2.45) is 5.92 Å². The van der Waals surface area contributed by atoms with Crippen molar-refractivity contribution in [1.29, 1.82) is 0 Å². The first-order valence-electron chi connectivity index (χ1n) is 9.02. The second kappa shape index (κ2) is 6.78. The van der Waals surface area contributed by atoms with Gasteiger partial charge >= 0.3 is 0 Å². The molecule has 0 aromatic carbocycles. The van der Waals surface area contributed by atoms with E-state index in [1.165, 1.54) is 0 Å². The van der Waals surface area contributed by atoms with Crippen molar-refractivity contribution >= 4 is 11.9 Å². The summed E-state index contributed by atoms with van der Waals surface area (Å²) in [7, 11) is 0. The number of aromatic nitrogens is 5. The minimum atomic E-state index is 0.0211. The Bertz CT molecular complexity index is 741. The van der Waals surface area contributed by atoms with E-state index < -0.39 is 0 Å². The van der Waals surface area contributed by atoms with Gasteiger partial charge in [0.05, 0.1) is 5.92 Å². The normalized spacial score (nSPS) is 20.5. The Balaban J connectivity index is 1.54. The molecule has 2 aromatic rings. The Morgan fingerprint density at radius 3 is 2.76 bits per heavy atom. The lowest BCUT2D eigenvalue weighted by molar-refractivity contribution is -0.125. The lowest BCUT2D eigenvalue weighted by Crippen LogP contribution is -2.44. The number of nitrogens with zero attached hydrogens (tertiary/aromatic N) is 6. The summed E-state index contributed by atoms with van der Waals surface area (Å²) < 4.78 is 2.02. The van der Waals surface area contributed by atoms with Crippen LogP contribution in [0.1, 0.15) is 32.6 Å². The Morgan fingerprint density at radius 1 is 1.24 bits per heavy atom. The van der Waals surface area contributed by atoms with Gasteiger partial charge in [0.1, 0.15) is 0 Å². The fourth-order valence-corrected chi connectivity index (χ4v) is 3.32. The molecule has 1 atom stereocenters. The summed E-state index contributed by atoms with van der Waals surface area (Å²) in [6.45, 7) is 4.36. The van der Waals surface area contributed by atoms with Crippen LogP contribution in [0.25, 0.3) is 11.6 Å². The van der Waals surface area contributed by atoms with Crippen molar-refractivity contribution < 1.29 is 4.79 Å². The Labute approximate surface area is 146 Å². The molecule has 1 amide bonds. The van der Waals surface area contributed by atoms with E-state index in [0.717, 1.165) is 44.7 Å². The van der Waals surface area contributed by atoms with Crippen molar-refractivity contribution in [2.45, 2.75) is 45.2 Å². The molecule has 1 unspecified atom stereocenters. The molecule has 0 spiro atoms. The highest BCUT2D eigenvalue weighted by Crippen LogP contribution is 2.26. The third-order valence-corrected chi connectivity index (χ3v) is 4.81. The molecular weight excluding hydrogens is 318 g/mol. The van der Waals surface area contributed by atoms with Gasteiger partial charge in [0.2, 0.25) is 17.7 Å². The van der Waals surface area contributed by atoms with E-state index in [2.05, 4.69) is 37.3 Å². The number of rotatable bonds is 5. The Kier molecular flexibility index (Phi) is 4.33. The molecule has 132 valence electrons. The number of anilines is 1. The quantitative estimate of drug-likeness (QED) is 0.880. The molecule has 0 bridgehead atoms. The van der Waals surface area contributed by atoms with Crippen LogP contribution in [0.4, 0.5) is 5.95 Å². The van der Waals surface area contributed by atoms with E-state index in [-0.39, 0.29) is 11.8 Å². The minimum Gasteiger partial charge on any atom is -0.353 e. The second-order valence-corrected chi connectivity index (χ2v) is 6.71. The van der Waals surface area contributed by atoms with Gasteiger partial charge in [-0.05, 0) is 38.7 Å². The van der Waals surface area contributed by atoms with Gasteiger partial charge < -0.3 is 10.2 Å². The standard InChI is InChI=1S/C17H23N7O/c1-2-24-15(14-18-8-4-9-19-14)21-22-17(24)23-10-3-5-12(11-23)16(25)20-13-6-7-13/h4,8-9,12-13H,2-3,5-7,10-11H2,1H3,(H,20,25). The zero-order valence-electron chi connectivity index (χ0n) is 14.4. The fraction of sp³-hybridized carbons (Fsp3) is 0.588. The number of carbonyl (C=O) groups is 1. The lowest BCUT2D eigenvalue weighted by Gasteiger charge is -2.32. The van der Waals surface area contributed by atoms with Crippen LogP contribution in [0.2, 0.25) is 0 Å². The summed E-state index contributed by atoms with van der Waals surface area (Å²) in [4.78, 5) is 23.1. The van der Waals surface area contributed by atoms with Crippen molar-refractivity contribution in [1.82, 2.24) is 30.0 Å². The first-order chi connectivity index (χ1) is 12.3. The largest absolute Gasteiger partial charge is 0.353 e. The average molecular weight is 341 g/mol. The van der Waals surface area contributed by atoms with Gasteiger partial charge in [-0.15, -0.1) is 10.2 Å². The van der Waals surface area contributed by atoms with Gasteiger partial charge in [-0.1, -0.05) is 0 Å². The molecular formula is C17H23N7O. The summed E-state index contributed by atoms with van der Waals surface area (Å²) in [5.74, 6) is 2.24. The monoisotopic (exact) mass is 341 g/mol. The van der Waals surface area contributed by atoms with Gasteiger partial charge in [0.25, 0.3) is 0 Å². The maximum atomic E-state index is 12.4. The molecule has 8 heteroatoms. The van der Waals surface area contributed by atoms with E-state index in [0.29, 0.717) is 24.2 Å². The van der Waals surface area contributed by atoms with E-state index in [1.54, 1.807) is 18.5 Å². The Hall–Kier alpha value is -2.51. The van der Waals surface area contributed by atoms with Crippen molar-refractivity contribution in [3.63, 3.8) is 0 Å². The molecule has 2 aromatic heterocycles. The van der Waals surface area contributed by atoms with E-state index in [1.807, 2.05) is 4.57 Å². The highest BCUT2D eigenvalue weighted by molar-refractivity contribution is 5.80. The van der Waals surface area contributed by atoms with E-state index in [9.17, 15) is 4.79 Å². The van der Waals surface area contributed by atoms with Crippen molar-refractivity contribution in [2.75, 3.05) is 18.0 Å². The molecule has 1 aliphatic carbocycles. The first kappa shape index (κ1) is 16.0. The maximum absolute atomic E-state index is 12.4. The number of hydrogen-bond acceptors (Lipinski definition) is 6. The van der Waals surface area contributed by atoms with Crippen molar-refractivity contribution in [3.05, 3.63) is 18.5 Å². The van der Waals surface area contributed by atoms with Crippen LogP contribution in [0.3, 0.4) is 0 Å². The maximum Gasteiger partial charge on any atom is 0.227 e. The molecule has 4 rings (SSSR count). The van der Waals surface area contributed by atoms with E-state index >= 15 is 0 Å². The third-order valence-electron chi connectivity index (χ3n) is 4.81. The van der Waals surface area contributed by atoms with Crippen LogP contribution >= 0.6 is 0 Å². The highest BCUT2D eigenvalue weighted by atomic mass is 16.2. The predicted octanol–water partition coefficient (Wildman–Crippen LogP) is 1.25. The van der Waals surface area contributed by atoms with Crippen LogP contribution in [0, 0.1) is 5.92 Å². The molecule has 8 nitrogen and oxygen atoms in total. The molecule has 0 radical (unpaired) electrons. The van der Waals surface area contributed by atoms with Crippen LogP contribution in [0.15, 0.2) is 18.5 Å². The average Bonchev–Trinajstić information content (AvgIpc) is 3.37. The summed E-state index contributed by atoms with van der Waals surface area (Å²) in [6.07, 6.45) is 7.56. The molecule has 3 heterocycles. The number of amides is 1.